The van der Waals surface area contributed by atoms with Crippen molar-refractivity contribution in [2.75, 3.05) is 21.3 Å². The Labute approximate surface area is 197 Å². The van der Waals surface area contributed by atoms with E-state index >= 15 is 0 Å². The fraction of sp³-hybridized carbons (Fsp3) is 0.542. The van der Waals surface area contributed by atoms with Crippen LogP contribution in [0, 0.1) is 0 Å². The SMILES string of the molecule is CC[C@@H]1O[C@@](OC)(C2=C(C)C(=O)[C@]3(O2)C(=O)N[C@@](OC)(C(=O)c2ccccc2)[C@@H]3O)C[C@H]1OC. The highest BCUT2D eigenvalue weighted by molar-refractivity contribution is 6.23. The standard InChI is InChI=1S/C24H29NO9/c1-6-15-16(30-3)12-22(31-4,33-15)19-13(2)17(26)23(34-19)20(28)24(32-5,25-21(23)29)18(27)14-10-8-7-9-11-14/h7-11,15-16,20,28H,6,12H2,1-5H3,(H,25,29)/t15-,16+,20+,22+,23+,24+/m0/s1. The smallest absolute Gasteiger partial charge is 0.278 e. The van der Waals surface area contributed by atoms with Gasteiger partial charge in [-0.05, 0) is 13.3 Å². The van der Waals surface area contributed by atoms with Crippen LogP contribution in [0.5, 0.6) is 0 Å². The molecule has 0 radical (unpaired) electrons. The number of amides is 1. The second-order valence-corrected chi connectivity index (χ2v) is 8.61. The summed E-state index contributed by atoms with van der Waals surface area (Å²) in [6, 6.07) is 8.01. The number of carbonyl (C=O) groups excluding carboxylic acids is 3. The van der Waals surface area contributed by atoms with Gasteiger partial charge in [-0.2, -0.15) is 0 Å². The van der Waals surface area contributed by atoms with Gasteiger partial charge in [-0.1, -0.05) is 37.3 Å². The molecule has 1 spiro atoms. The number of Topliss-reactive ketones (excluding diaryl/α,β-unsaturated/α-hetero) is 2. The third-order valence-electron chi connectivity index (χ3n) is 6.99. The van der Waals surface area contributed by atoms with Crippen LogP contribution in [-0.2, 0) is 33.3 Å². The van der Waals surface area contributed by atoms with E-state index in [-0.39, 0.29) is 35.5 Å². The van der Waals surface area contributed by atoms with Gasteiger partial charge in [0.15, 0.2) is 11.9 Å². The molecule has 1 aromatic rings. The molecule has 10 nitrogen and oxygen atoms in total. The van der Waals surface area contributed by atoms with Gasteiger partial charge in [-0.3, -0.25) is 14.4 Å². The molecule has 2 fully saturated rings. The summed E-state index contributed by atoms with van der Waals surface area (Å²) in [4.78, 5) is 40.2. The maximum Gasteiger partial charge on any atom is 0.278 e. The Bertz CT molecular complexity index is 1030. The Morgan fingerprint density at radius 3 is 2.38 bits per heavy atom. The number of rotatable bonds is 7. The van der Waals surface area contributed by atoms with E-state index in [0.717, 1.165) is 7.11 Å². The van der Waals surface area contributed by atoms with Gasteiger partial charge >= 0.3 is 0 Å². The predicted octanol–water partition coefficient (Wildman–Crippen LogP) is 0.871. The zero-order chi connectivity index (χ0) is 24.9. The van der Waals surface area contributed by atoms with Gasteiger partial charge in [0.05, 0.1) is 12.2 Å². The largest absolute Gasteiger partial charge is 0.464 e. The third-order valence-corrected chi connectivity index (χ3v) is 6.99. The van der Waals surface area contributed by atoms with Gasteiger partial charge < -0.3 is 34.1 Å². The van der Waals surface area contributed by atoms with E-state index in [9.17, 15) is 19.5 Å². The molecule has 0 unspecified atom stereocenters. The van der Waals surface area contributed by atoms with Crippen molar-refractivity contribution in [1.82, 2.24) is 5.32 Å². The average molecular weight is 475 g/mol. The summed E-state index contributed by atoms with van der Waals surface area (Å²) in [6.07, 6.45) is -1.89. The summed E-state index contributed by atoms with van der Waals surface area (Å²) < 4.78 is 28.7. The molecule has 10 heteroatoms. The number of carbonyl (C=O) groups is 3. The minimum absolute atomic E-state index is 0.0359. The molecule has 184 valence electrons. The highest BCUT2D eigenvalue weighted by Crippen LogP contribution is 2.50. The van der Waals surface area contributed by atoms with Crippen molar-refractivity contribution < 1.29 is 43.2 Å². The first-order chi connectivity index (χ1) is 16.2. The number of benzene rings is 1. The lowest BCUT2D eigenvalue weighted by Gasteiger charge is -2.34. The summed E-state index contributed by atoms with van der Waals surface area (Å²) in [7, 11) is 4.10. The molecule has 2 N–H and O–H groups in total. The van der Waals surface area contributed by atoms with Crippen LogP contribution in [0.2, 0.25) is 0 Å². The molecule has 3 aliphatic heterocycles. The van der Waals surface area contributed by atoms with Crippen LogP contribution < -0.4 is 5.32 Å². The van der Waals surface area contributed by atoms with Crippen molar-refractivity contribution in [2.45, 2.75) is 62.1 Å². The van der Waals surface area contributed by atoms with Crippen molar-refractivity contribution in [1.29, 1.82) is 0 Å². The normalized spacial score (nSPS) is 37.4. The number of methoxy groups -OCH3 is 3. The Morgan fingerprint density at radius 2 is 1.85 bits per heavy atom. The van der Waals surface area contributed by atoms with Crippen molar-refractivity contribution >= 4 is 17.5 Å². The van der Waals surface area contributed by atoms with Crippen molar-refractivity contribution in [3.63, 3.8) is 0 Å². The molecule has 2 saturated heterocycles. The number of hydrogen-bond acceptors (Lipinski definition) is 9. The molecule has 0 bridgehead atoms. The first kappa shape index (κ1) is 24.5. The molecule has 6 atom stereocenters. The van der Waals surface area contributed by atoms with E-state index < -0.39 is 40.7 Å². The molecule has 34 heavy (non-hydrogen) atoms. The van der Waals surface area contributed by atoms with E-state index in [4.69, 9.17) is 23.7 Å². The fourth-order valence-corrected chi connectivity index (χ4v) is 5.06. The highest BCUT2D eigenvalue weighted by atomic mass is 16.7. The van der Waals surface area contributed by atoms with Gasteiger partial charge in [0.25, 0.3) is 11.5 Å². The van der Waals surface area contributed by atoms with Crippen LogP contribution in [0.1, 0.15) is 37.0 Å². The second-order valence-electron chi connectivity index (χ2n) is 8.61. The summed E-state index contributed by atoms with van der Waals surface area (Å²) in [5, 5.41) is 13.8. The minimum atomic E-state index is -2.44. The molecular formula is C24H29NO9. The quantitative estimate of drug-likeness (QED) is 0.436. The fourth-order valence-electron chi connectivity index (χ4n) is 5.06. The minimum Gasteiger partial charge on any atom is -0.464 e. The van der Waals surface area contributed by atoms with Crippen LogP contribution in [-0.4, -0.2) is 79.3 Å². The lowest BCUT2D eigenvalue weighted by Crippen LogP contribution is -2.60. The van der Waals surface area contributed by atoms with E-state index in [1.165, 1.54) is 26.2 Å². The summed E-state index contributed by atoms with van der Waals surface area (Å²) >= 11 is 0. The molecule has 3 heterocycles. The Morgan fingerprint density at radius 1 is 1.18 bits per heavy atom. The first-order valence-electron chi connectivity index (χ1n) is 11.0. The van der Waals surface area contributed by atoms with Gasteiger partial charge in [0, 0.05) is 38.9 Å². The van der Waals surface area contributed by atoms with Gasteiger partial charge in [-0.15, -0.1) is 0 Å². The van der Waals surface area contributed by atoms with E-state index in [2.05, 4.69) is 5.32 Å². The number of ketones is 2. The third kappa shape index (κ3) is 3.10. The maximum atomic E-state index is 13.5. The van der Waals surface area contributed by atoms with Gasteiger partial charge in [0.1, 0.15) is 0 Å². The summed E-state index contributed by atoms with van der Waals surface area (Å²) in [5.41, 5.74) is -4.46. The topological polar surface area (TPSA) is 130 Å². The van der Waals surface area contributed by atoms with Crippen LogP contribution in [0.25, 0.3) is 0 Å². The van der Waals surface area contributed by atoms with Crippen LogP contribution in [0.4, 0.5) is 0 Å². The van der Waals surface area contributed by atoms with E-state index in [1.54, 1.807) is 25.3 Å². The molecule has 4 rings (SSSR count). The molecule has 0 aliphatic carbocycles. The zero-order valence-electron chi connectivity index (χ0n) is 19.7. The molecular weight excluding hydrogens is 446 g/mol. The molecule has 3 aliphatic rings. The molecule has 0 aromatic heterocycles. The van der Waals surface area contributed by atoms with Crippen LogP contribution in [0.15, 0.2) is 41.7 Å². The average Bonchev–Trinajstić information content (AvgIpc) is 3.45. The lowest BCUT2D eigenvalue weighted by atomic mass is 9.85. The Balaban J connectivity index is 1.74. The first-order valence-corrected chi connectivity index (χ1v) is 11.0. The van der Waals surface area contributed by atoms with Crippen molar-refractivity contribution in [3.8, 4) is 0 Å². The highest BCUT2D eigenvalue weighted by Gasteiger charge is 2.75. The molecule has 1 amide bonds. The number of ether oxygens (including phenoxy) is 5. The monoisotopic (exact) mass is 475 g/mol. The van der Waals surface area contributed by atoms with Crippen molar-refractivity contribution in [3.05, 3.63) is 47.2 Å². The number of aliphatic hydroxyl groups excluding tert-OH is 1. The zero-order valence-corrected chi connectivity index (χ0v) is 19.7. The Kier molecular flexibility index (Phi) is 6.16. The van der Waals surface area contributed by atoms with Crippen molar-refractivity contribution in [2.24, 2.45) is 0 Å². The second kappa shape index (κ2) is 8.54. The van der Waals surface area contributed by atoms with E-state index in [0.29, 0.717) is 6.42 Å². The maximum absolute atomic E-state index is 13.5. The van der Waals surface area contributed by atoms with E-state index in [1.807, 2.05) is 6.92 Å². The number of aliphatic hydroxyl groups is 1. The molecule has 1 aromatic carbocycles. The predicted molar refractivity (Wildman–Crippen MR) is 117 cm³/mol. The lowest BCUT2D eigenvalue weighted by molar-refractivity contribution is -0.221. The van der Waals surface area contributed by atoms with Crippen LogP contribution >= 0.6 is 0 Å². The van der Waals surface area contributed by atoms with Gasteiger partial charge in [0.2, 0.25) is 23.1 Å². The number of hydrogen-bond donors (Lipinski definition) is 2. The summed E-state index contributed by atoms with van der Waals surface area (Å²) in [5.74, 6) is -4.07. The number of nitrogens with one attached hydrogen (secondary N) is 1. The van der Waals surface area contributed by atoms with Crippen LogP contribution in [0.3, 0.4) is 0 Å². The summed E-state index contributed by atoms with van der Waals surface area (Å²) in [6.45, 7) is 3.38. The Hall–Kier alpha value is -2.63. The van der Waals surface area contributed by atoms with Gasteiger partial charge in [-0.25, -0.2) is 0 Å². The molecule has 0 saturated carbocycles.